The van der Waals surface area contributed by atoms with E-state index in [0.717, 1.165) is 6.42 Å². The van der Waals surface area contributed by atoms with E-state index in [1.54, 1.807) is 0 Å². The monoisotopic (exact) mass is 221 g/mol. The van der Waals surface area contributed by atoms with E-state index in [1.165, 1.54) is 5.56 Å². The second-order valence-corrected chi connectivity index (χ2v) is 3.58. The minimum atomic E-state index is 0.0179. The van der Waals surface area contributed by atoms with Gasteiger partial charge in [-0.3, -0.25) is 4.79 Å². The van der Waals surface area contributed by atoms with Gasteiger partial charge in [-0.05, 0) is 18.5 Å². The number of nitrogens with two attached hydrogens (primary N) is 1. The van der Waals surface area contributed by atoms with Crippen molar-refractivity contribution >= 4 is 5.91 Å². The summed E-state index contributed by atoms with van der Waals surface area (Å²) in [5, 5.41) is 5.87. The van der Waals surface area contributed by atoms with Crippen LogP contribution in [0.5, 0.6) is 0 Å². The van der Waals surface area contributed by atoms with Crippen LogP contribution in [0.15, 0.2) is 30.3 Å². The van der Waals surface area contributed by atoms with Crippen LogP contribution in [0.2, 0.25) is 0 Å². The summed E-state index contributed by atoms with van der Waals surface area (Å²) < 4.78 is 0. The highest BCUT2D eigenvalue weighted by Crippen LogP contribution is 1.96. The summed E-state index contributed by atoms with van der Waals surface area (Å²) in [4.78, 5) is 11.3. The minimum Gasteiger partial charge on any atom is -0.355 e. The molecule has 0 fully saturated rings. The molecular formula is C12H19N3O. The van der Waals surface area contributed by atoms with Gasteiger partial charge in [0.05, 0.1) is 6.54 Å². The molecule has 0 atom stereocenters. The van der Waals surface area contributed by atoms with E-state index in [0.29, 0.717) is 26.2 Å². The lowest BCUT2D eigenvalue weighted by Gasteiger charge is -2.06. The Hall–Kier alpha value is -1.39. The highest BCUT2D eigenvalue weighted by atomic mass is 16.1. The molecule has 0 aliphatic rings. The zero-order chi connectivity index (χ0) is 11.6. The molecule has 0 bridgehead atoms. The van der Waals surface area contributed by atoms with Gasteiger partial charge in [0.15, 0.2) is 0 Å². The van der Waals surface area contributed by atoms with Gasteiger partial charge in [0.1, 0.15) is 0 Å². The van der Waals surface area contributed by atoms with Crippen LogP contribution in [0.25, 0.3) is 0 Å². The van der Waals surface area contributed by atoms with Gasteiger partial charge in [-0.15, -0.1) is 0 Å². The third-order valence-corrected chi connectivity index (χ3v) is 2.16. The summed E-state index contributed by atoms with van der Waals surface area (Å²) in [6, 6.07) is 10.00. The fourth-order valence-corrected chi connectivity index (χ4v) is 1.31. The Labute approximate surface area is 96.2 Å². The number of amides is 1. The molecule has 1 rings (SSSR count). The molecule has 0 spiro atoms. The molecule has 1 aromatic carbocycles. The second-order valence-electron chi connectivity index (χ2n) is 3.58. The molecule has 1 amide bonds. The van der Waals surface area contributed by atoms with Crippen LogP contribution in [0, 0.1) is 0 Å². The summed E-state index contributed by atoms with van der Waals surface area (Å²) in [7, 11) is 0. The first-order valence-electron chi connectivity index (χ1n) is 5.54. The predicted octanol–water partition coefficient (Wildman–Crippen LogP) is 0.241. The maximum absolute atomic E-state index is 11.3. The molecule has 0 aliphatic carbocycles. The van der Waals surface area contributed by atoms with Crippen molar-refractivity contribution in [2.75, 3.05) is 19.6 Å². The maximum atomic E-state index is 11.3. The number of carbonyl (C=O) groups excluding carboxylic acids is 1. The molecule has 4 heteroatoms. The number of benzene rings is 1. The van der Waals surface area contributed by atoms with Gasteiger partial charge in [-0.2, -0.15) is 0 Å². The average molecular weight is 221 g/mol. The molecule has 4 nitrogen and oxygen atoms in total. The minimum absolute atomic E-state index is 0.0179. The van der Waals surface area contributed by atoms with Gasteiger partial charge in [0.25, 0.3) is 0 Å². The molecule has 16 heavy (non-hydrogen) atoms. The number of hydrogen-bond acceptors (Lipinski definition) is 3. The first kappa shape index (κ1) is 12.7. The normalized spacial score (nSPS) is 10.1. The standard InChI is InChI=1S/C12H19N3O/c13-7-4-8-15-12(16)10-14-9-11-5-2-1-3-6-11/h1-3,5-6,14H,4,7-10,13H2,(H,15,16). The molecule has 0 saturated carbocycles. The SMILES string of the molecule is NCCCNC(=O)CNCc1ccccc1. The Morgan fingerprint density at radius 1 is 1.25 bits per heavy atom. The second kappa shape index (κ2) is 7.84. The van der Waals surface area contributed by atoms with E-state index < -0.39 is 0 Å². The van der Waals surface area contributed by atoms with Gasteiger partial charge < -0.3 is 16.4 Å². The first-order chi connectivity index (χ1) is 7.83. The summed E-state index contributed by atoms with van der Waals surface area (Å²) >= 11 is 0. The lowest BCUT2D eigenvalue weighted by molar-refractivity contribution is -0.120. The van der Waals surface area contributed by atoms with Crippen molar-refractivity contribution in [2.45, 2.75) is 13.0 Å². The van der Waals surface area contributed by atoms with Gasteiger partial charge in [-0.1, -0.05) is 30.3 Å². The summed E-state index contributed by atoms with van der Waals surface area (Å²) in [5.74, 6) is 0.0179. The van der Waals surface area contributed by atoms with E-state index in [1.807, 2.05) is 30.3 Å². The molecule has 1 aromatic rings. The lowest BCUT2D eigenvalue weighted by Crippen LogP contribution is -2.34. The van der Waals surface area contributed by atoms with Crippen LogP contribution in [0.4, 0.5) is 0 Å². The third-order valence-electron chi connectivity index (χ3n) is 2.16. The molecule has 0 radical (unpaired) electrons. The Kier molecular flexibility index (Phi) is 6.22. The number of hydrogen-bond donors (Lipinski definition) is 3. The van der Waals surface area contributed by atoms with Crippen molar-refractivity contribution < 1.29 is 4.79 Å². The van der Waals surface area contributed by atoms with E-state index >= 15 is 0 Å². The molecular weight excluding hydrogens is 202 g/mol. The van der Waals surface area contributed by atoms with Crippen molar-refractivity contribution in [3.8, 4) is 0 Å². The van der Waals surface area contributed by atoms with Crippen LogP contribution in [-0.4, -0.2) is 25.5 Å². The number of carbonyl (C=O) groups is 1. The van der Waals surface area contributed by atoms with Crippen LogP contribution < -0.4 is 16.4 Å². The molecule has 4 N–H and O–H groups in total. The predicted molar refractivity (Wildman–Crippen MR) is 64.8 cm³/mol. The Bertz CT molecular complexity index is 300. The molecule has 88 valence electrons. The van der Waals surface area contributed by atoms with Gasteiger partial charge >= 0.3 is 0 Å². The van der Waals surface area contributed by atoms with Crippen molar-refractivity contribution in [3.05, 3.63) is 35.9 Å². The fraction of sp³-hybridized carbons (Fsp3) is 0.417. The quantitative estimate of drug-likeness (QED) is 0.578. The Morgan fingerprint density at radius 2 is 2.00 bits per heavy atom. The molecule has 0 aromatic heterocycles. The number of rotatable bonds is 7. The van der Waals surface area contributed by atoms with Crippen LogP contribution in [0.1, 0.15) is 12.0 Å². The van der Waals surface area contributed by atoms with E-state index in [2.05, 4.69) is 10.6 Å². The zero-order valence-electron chi connectivity index (χ0n) is 9.41. The van der Waals surface area contributed by atoms with Gasteiger partial charge in [-0.25, -0.2) is 0 Å². The highest BCUT2D eigenvalue weighted by molar-refractivity contribution is 5.77. The summed E-state index contributed by atoms with van der Waals surface area (Å²) in [6.45, 7) is 2.32. The van der Waals surface area contributed by atoms with Gasteiger partial charge in [0, 0.05) is 13.1 Å². The fourth-order valence-electron chi connectivity index (χ4n) is 1.31. The smallest absolute Gasteiger partial charge is 0.233 e. The summed E-state index contributed by atoms with van der Waals surface area (Å²) in [6.07, 6.45) is 0.824. The maximum Gasteiger partial charge on any atom is 0.233 e. The lowest BCUT2D eigenvalue weighted by atomic mass is 10.2. The van der Waals surface area contributed by atoms with Gasteiger partial charge in [0.2, 0.25) is 5.91 Å². The van der Waals surface area contributed by atoms with E-state index in [4.69, 9.17) is 5.73 Å². The van der Waals surface area contributed by atoms with E-state index in [-0.39, 0.29) is 5.91 Å². The van der Waals surface area contributed by atoms with Crippen molar-refractivity contribution in [2.24, 2.45) is 5.73 Å². The molecule has 0 saturated heterocycles. The Balaban J connectivity index is 2.09. The molecule has 0 heterocycles. The van der Waals surface area contributed by atoms with Crippen LogP contribution in [-0.2, 0) is 11.3 Å². The summed E-state index contributed by atoms with van der Waals surface area (Å²) in [5.41, 5.74) is 6.50. The third kappa shape index (κ3) is 5.48. The van der Waals surface area contributed by atoms with Crippen molar-refractivity contribution in [3.63, 3.8) is 0 Å². The zero-order valence-corrected chi connectivity index (χ0v) is 9.41. The van der Waals surface area contributed by atoms with Crippen molar-refractivity contribution in [1.82, 2.24) is 10.6 Å². The first-order valence-corrected chi connectivity index (χ1v) is 5.54. The Morgan fingerprint density at radius 3 is 2.69 bits per heavy atom. The average Bonchev–Trinajstić information content (AvgIpc) is 2.31. The van der Waals surface area contributed by atoms with Crippen LogP contribution >= 0.6 is 0 Å². The van der Waals surface area contributed by atoms with Crippen molar-refractivity contribution in [1.29, 1.82) is 0 Å². The van der Waals surface area contributed by atoms with Crippen LogP contribution in [0.3, 0.4) is 0 Å². The molecule has 0 unspecified atom stereocenters. The van der Waals surface area contributed by atoms with E-state index in [9.17, 15) is 4.79 Å². The largest absolute Gasteiger partial charge is 0.355 e. The number of nitrogens with one attached hydrogen (secondary N) is 2. The highest BCUT2D eigenvalue weighted by Gasteiger charge is 1.98. The topological polar surface area (TPSA) is 67.1 Å². The molecule has 0 aliphatic heterocycles.